The molecule has 0 bridgehead atoms. The van der Waals surface area contributed by atoms with Gasteiger partial charge in [0, 0.05) is 5.57 Å². The van der Waals surface area contributed by atoms with Crippen molar-refractivity contribution < 1.29 is 4.18 Å². The molecule has 1 nitrogen and oxygen atoms in total. The van der Waals surface area contributed by atoms with E-state index < -0.39 is 0 Å². The molecule has 1 atom stereocenters. The van der Waals surface area contributed by atoms with Crippen LogP contribution >= 0.6 is 20.6 Å². The average Bonchev–Trinajstić information content (AvgIpc) is 2.40. The Morgan fingerprint density at radius 3 is 2.90 bits per heavy atom. The second-order valence-corrected chi connectivity index (χ2v) is 5.34. The van der Waals surface area contributed by atoms with E-state index in [1.54, 1.807) is 10.8 Å². The predicted octanol–water partition coefficient (Wildman–Crippen LogP) is 2.84. The van der Waals surface area contributed by atoms with Crippen molar-refractivity contribution >= 4 is 25.5 Å². The van der Waals surface area contributed by atoms with Gasteiger partial charge in [-0.2, -0.15) is 0 Å². The van der Waals surface area contributed by atoms with Crippen LogP contribution in [-0.2, 0) is 4.18 Å². The minimum atomic E-state index is 0.0201. The molecule has 2 rings (SSSR count). The first kappa shape index (κ1) is 6.55. The molecule has 3 heteroatoms. The van der Waals surface area contributed by atoms with E-state index in [4.69, 9.17) is 4.18 Å². The summed E-state index contributed by atoms with van der Waals surface area (Å²) >= 11 is 0. The molecule has 10 heavy (non-hydrogen) atoms. The van der Waals surface area contributed by atoms with Gasteiger partial charge in [-0.25, -0.2) is 0 Å². The summed E-state index contributed by atoms with van der Waals surface area (Å²) in [6.45, 7) is 4.24. The lowest BCUT2D eigenvalue weighted by Crippen LogP contribution is -1.93. The number of rotatable bonds is 0. The van der Waals surface area contributed by atoms with Gasteiger partial charge in [-0.3, -0.25) is 0 Å². The van der Waals surface area contributed by atoms with Crippen molar-refractivity contribution in [2.24, 2.45) is 0 Å². The maximum Gasteiger partial charge on any atom is 0.106 e. The van der Waals surface area contributed by atoms with E-state index >= 15 is 0 Å². The fourth-order valence-corrected chi connectivity index (χ4v) is 4.58. The van der Waals surface area contributed by atoms with Crippen LogP contribution in [-0.4, -0.2) is 4.86 Å². The standard InChI is InChI=1S/C7H8OS2/c1-5-3-8-10-7(5)6(2)4-9-10/h3-4H,1-2H3. The van der Waals surface area contributed by atoms with E-state index in [0.717, 1.165) is 0 Å². The summed E-state index contributed by atoms with van der Waals surface area (Å²) in [5.41, 5.74) is 2.67. The molecule has 0 aromatic heterocycles. The van der Waals surface area contributed by atoms with Crippen LogP contribution in [0.25, 0.3) is 0 Å². The molecule has 0 saturated carbocycles. The van der Waals surface area contributed by atoms with Crippen molar-refractivity contribution in [2.45, 2.75) is 13.8 Å². The highest BCUT2D eigenvalue weighted by Gasteiger charge is 2.21. The Balaban J connectivity index is 2.46. The summed E-state index contributed by atoms with van der Waals surface area (Å²) in [7, 11) is 1.80. The molecular formula is C7H8OS2. The molecule has 1 unspecified atom stereocenters. The van der Waals surface area contributed by atoms with Crippen molar-refractivity contribution in [1.82, 2.24) is 0 Å². The predicted molar refractivity (Wildman–Crippen MR) is 48.8 cm³/mol. The Hall–Kier alpha value is -0.150. The SMILES string of the molecule is CC1=COS2=C1C(C)=CS2. The smallest absolute Gasteiger partial charge is 0.106 e. The second kappa shape index (κ2) is 2.17. The van der Waals surface area contributed by atoms with E-state index in [-0.39, 0.29) is 9.80 Å². The average molecular weight is 172 g/mol. The molecule has 0 aromatic rings. The third-order valence-electron chi connectivity index (χ3n) is 1.51. The molecular weight excluding hydrogens is 164 g/mol. The zero-order valence-corrected chi connectivity index (χ0v) is 7.51. The number of allylic oxidation sites excluding steroid dienone is 2. The third kappa shape index (κ3) is 0.772. The maximum atomic E-state index is 5.40. The highest BCUT2D eigenvalue weighted by molar-refractivity contribution is 8.83. The summed E-state index contributed by atoms with van der Waals surface area (Å²) < 4.78 is 5.40. The van der Waals surface area contributed by atoms with Gasteiger partial charge in [-0.1, -0.05) is 0 Å². The molecule has 2 aliphatic rings. The molecule has 2 heterocycles. The van der Waals surface area contributed by atoms with Crippen molar-refractivity contribution in [1.29, 1.82) is 0 Å². The molecule has 0 N–H and O–H groups in total. The molecule has 0 saturated heterocycles. The van der Waals surface area contributed by atoms with Crippen LogP contribution in [0.15, 0.2) is 22.8 Å². The van der Waals surface area contributed by atoms with Gasteiger partial charge in [-0.15, -0.1) is 0 Å². The van der Waals surface area contributed by atoms with Gasteiger partial charge in [-0.05, 0) is 35.6 Å². The lowest BCUT2D eigenvalue weighted by Gasteiger charge is -1.95. The topological polar surface area (TPSA) is 9.23 Å². The number of hydrogen-bond acceptors (Lipinski definition) is 2. The molecule has 2 aliphatic heterocycles. The first-order valence-corrected chi connectivity index (χ1v) is 5.63. The maximum absolute atomic E-state index is 5.40. The van der Waals surface area contributed by atoms with Crippen LogP contribution < -0.4 is 0 Å². The normalized spacial score (nSPS) is 29.4. The van der Waals surface area contributed by atoms with Gasteiger partial charge < -0.3 is 4.18 Å². The first-order valence-electron chi connectivity index (χ1n) is 3.09. The quantitative estimate of drug-likeness (QED) is 0.410. The molecule has 0 amide bonds. The van der Waals surface area contributed by atoms with Gasteiger partial charge in [0.2, 0.25) is 0 Å². The largest absolute Gasteiger partial charge is 0.430 e. The lowest BCUT2D eigenvalue weighted by molar-refractivity contribution is 0.574. The van der Waals surface area contributed by atoms with Crippen LogP contribution in [0.2, 0.25) is 0 Å². The van der Waals surface area contributed by atoms with E-state index in [1.165, 1.54) is 16.0 Å². The Labute approximate surface area is 66.7 Å². The lowest BCUT2D eigenvalue weighted by atomic mass is 10.1. The van der Waals surface area contributed by atoms with E-state index in [0.29, 0.717) is 0 Å². The highest BCUT2D eigenvalue weighted by atomic mass is 33.1. The zero-order chi connectivity index (χ0) is 7.14. The van der Waals surface area contributed by atoms with Crippen molar-refractivity contribution in [2.75, 3.05) is 0 Å². The summed E-state index contributed by atoms with van der Waals surface area (Å²) in [5.74, 6) is 0. The fourth-order valence-electron chi connectivity index (χ4n) is 1.03. The van der Waals surface area contributed by atoms with E-state index in [1.807, 2.05) is 6.26 Å². The van der Waals surface area contributed by atoms with Crippen LogP contribution in [0.1, 0.15) is 13.8 Å². The fraction of sp³-hybridized carbons (Fsp3) is 0.286. The van der Waals surface area contributed by atoms with Crippen molar-refractivity contribution in [3.8, 4) is 0 Å². The van der Waals surface area contributed by atoms with E-state index in [2.05, 4.69) is 19.3 Å². The Kier molecular flexibility index (Phi) is 1.42. The second-order valence-electron chi connectivity index (χ2n) is 2.36. The van der Waals surface area contributed by atoms with Gasteiger partial charge in [0.25, 0.3) is 0 Å². The summed E-state index contributed by atoms with van der Waals surface area (Å²) in [4.78, 5) is 1.41. The molecule has 0 aliphatic carbocycles. The van der Waals surface area contributed by atoms with E-state index in [9.17, 15) is 0 Å². The first-order chi connectivity index (χ1) is 4.79. The van der Waals surface area contributed by atoms with Crippen LogP contribution in [0.4, 0.5) is 0 Å². The van der Waals surface area contributed by atoms with Gasteiger partial charge in [0.05, 0.1) is 14.7 Å². The summed E-state index contributed by atoms with van der Waals surface area (Å²) in [6.07, 6.45) is 1.86. The molecule has 0 spiro atoms. The highest BCUT2D eigenvalue weighted by Crippen LogP contribution is 2.47. The summed E-state index contributed by atoms with van der Waals surface area (Å²) in [6, 6.07) is 0. The van der Waals surface area contributed by atoms with Gasteiger partial charge in [0.15, 0.2) is 0 Å². The van der Waals surface area contributed by atoms with Gasteiger partial charge in [0.1, 0.15) is 6.26 Å². The monoisotopic (exact) mass is 172 g/mol. The number of hydrogen-bond donors (Lipinski definition) is 0. The van der Waals surface area contributed by atoms with Crippen LogP contribution in [0.5, 0.6) is 0 Å². The Bertz CT molecular complexity index is 247. The Morgan fingerprint density at radius 1 is 1.40 bits per heavy atom. The Morgan fingerprint density at radius 2 is 2.20 bits per heavy atom. The van der Waals surface area contributed by atoms with Crippen LogP contribution in [0, 0.1) is 0 Å². The zero-order valence-electron chi connectivity index (χ0n) is 5.88. The third-order valence-corrected chi connectivity index (χ3v) is 4.93. The van der Waals surface area contributed by atoms with Crippen LogP contribution in [0.3, 0.4) is 0 Å². The molecule has 0 aromatic carbocycles. The van der Waals surface area contributed by atoms with Gasteiger partial charge >= 0.3 is 0 Å². The minimum absolute atomic E-state index is 0.0201. The molecule has 0 radical (unpaired) electrons. The minimum Gasteiger partial charge on any atom is -0.430 e. The molecule has 54 valence electrons. The molecule has 0 fully saturated rings. The summed E-state index contributed by atoms with van der Waals surface area (Å²) in [5, 5.41) is 2.18. The van der Waals surface area contributed by atoms with Crippen molar-refractivity contribution in [3.63, 3.8) is 0 Å². The van der Waals surface area contributed by atoms with Crippen molar-refractivity contribution in [3.05, 3.63) is 22.8 Å².